The molecule has 2 nitrogen and oxygen atoms in total. The Morgan fingerprint density at radius 3 is 1.67 bits per heavy atom. The van der Waals surface area contributed by atoms with Crippen molar-refractivity contribution in [3.63, 3.8) is 0 Å². The highest BCUT2D eigenvalue weighted by molar-refractivity contribution is 7.21. The van der Waals surface area contributed by atoms with Crippen LogP contribution in [0.1, 0.15) is 97.8 Å². The van der Waals surface area contributed by atoms with Gasteiger partial charge >= 0.3 is 5.97 Å². The van der Waals surface area contributed by atoms with Crippen LogP contribution in [0.3, 0.4) is 0 Å². The van der Waals surface area contributed by atoms with Gasteiger partial charge in [0.05, 0.1) is 11.8 Å². The third kappa shape index (κ3) is 10.3. The summed E-state index contributed by atoms with van der Waals surface area (Å²) in [6.45, 7) is 6.93. The van der Waals surface area contributed by atoms with Crippen molar-refractivity contribution in [1.82, 2.24) is 0 Å². The second-order valence-corrected chi connectivity index (χ2v) is 7.29. The van der Waals surface area contributed by atoms with Gasteiger partial charge in [0.1, 0.15) is 0 Å². The van der Waals surface area contributed by atoms with Crippen LogP contribution in [0.5, 0.6) is 0 Å². The molecule has 0 aromatic carbocycles. The van der Waals surface area contributed by atoms with Crippen molar-refractivity contribution in [2.75, 3.05) is 6.61 Å². The van der Waals surface area contributed by atoms with Crippen LogP contribution in [0.2, 0.25) is 0 Å². The van der Waals surface area contributed by atoms with Crippen molar-refractivity contribution in [3.8, 4) is 0 Å². The molecule has 0 rings (SSSR count). The zero-order valence-corrected chi connectivity index (χ0v) is 15.7. The Morgan fingerprint density at radius 1 is 0.810 bits per heavy atom. The van der Waals surface area contributed by atoms with Crippen molar-refractivity contribution < 1.29 is 9.53 Å². The molecule has 0 aliphatic heterocycles. The summed E-state index contributed by atoms with van der Waals surface area (Å²) in [4.78, 5) is 11.9. The Balaban J connectivity index is 3.38. The quantitative estimate of drug-likeness (QED) is 0.227. The Bertz CT molecular complexity index is 250. The third-order valence-corrected chi connectivity index (χ3v) is 5.45. The lowest BCUT2D eigenvalue weighted by Gasteiger charge is -2.23. The first-order valence-electron chi connectivity index (χ1n) is 9.06. The molecule has 0 saturated carbocycles. The molecule has 0 aliphatic carbocycles. The standard InChI is InChI=1S/C18H37O2P/c1-4-7-8-9-10-11-12-13-14-15-16-20-17(19)18(21,5-2)6-3/h4-16,21H2,1-3H3. The van der Waals surface area contributed by atoms with E-state index >= 15 is 0 Å². The number of hydrogen-bond acceptors (Lipinski definition) is 2. The van der Waals surface area contributed by atoms with E-state index in [4.69, 9.17) is 4.74 Å². The van der Waals surface area contributed by atoms with Gasteiger partial charge in [0.25, 0.3) is 0 Å². The fraction of sp³-hybridized carbons (Fsp3) is 0.944. The summed E-state index contributed by atoms with van der Waals surface area (Å²) in [6, 6.07) is 0. The average molecular weight is 316 g/mol. The minimum atomic E-state index is -0.363. The van der Waals surface area contributed by atoms with E-state index in [9.17, 15) is 4.79 Å². The van der Waals surface area contributed by atoms with Crippen molar-refractivity contribution in [2.45, 2.75) is 103 Å². The molecule has 0 aromatic heterocycles. The molecule has 0 bridgehead atoms. The second-order valence-electron chi connectivity index (χ2n) is 6.18. The first-order chi connectivity index (χ1) is 10.1. The van der Waals surface area contributed by atoms with Crippen molar-refractivity contribution in [3.05, 3.63) is 0 Å². The van der Waals surface area contributed by atoms with E-state index in [1.807, 2.05) is 13.8 Å². The van der Waals surface area contributed by atoms with E-state index in [1.54, 1.807) is 0 Å². The van der Waals surface area contributed by atoms with Crippen LogP contribution >= 0.6 is 9.24 Å². The van der Waals surface area contributed by atoms with E-state index < -0.39 is 0 Å². The van der Waals surface area contributed by atoms with Gasteiger partial charge in [-0.3, -0.25) is 4.79 Å². The Kier molecular flexibility index (Phi) is 13.5. The van der Waals surface area contributed by atoms with Crippen LogP contribution in [-0.2, 0) is 9.53 Å². The van der Waals surface area contributed by atoms with Gasteiger partial charge in [-0.15, -0.1) is 9.24 Å². The number of unbranched alkanes of at least 4 members (excludes halogenated alkanes) is 9. The highest BCUT2D eigenvalue weighted by Crippen LogP contribution is 2.28. The van der Waals surface area contributed by atoms with Crippen LogP contribution in [0.4, 0.5) is 0 Å². The SMILES string of the molecule is CCCCCCCCCCCCOC(=O)C(P)(CC)CC. The first kappa shape index (κ1) is 20.9. The molecule has 0 heterocycles. The first-order valence-corrected chi connectivity index (χ1v) is 9.64. The zero-order chi connectivity index (χ0) is 16.0. The number of ether oxygens (including phenoxy) is 1. The van der Waals surface area contributed by atoms with Gasteiger partial charge in [0, 0.05) is 0 Å². The maximum atomic E-state index is 11.9. The molecular formula is C18H37O2P. The topological polar surface area (TPSA) is 26.3 Å². The molecule has 21 heavy (non-hydrogen) atoms. The highest BCUT2D eigenvalue weighted by Gasteiger charge is 2.30. The van der Waals surface area contributed by atoms with Gasteiger partial charge in [-0.1, -0.05) is 78.6 Å². The largest absolute Gasteiger partial charge is 0.465 e. The molecule has 0 spiro atoms. The summed E-state index contributed by atoms with van der Waals surface area (Å²) in [5, 5.41) is -0.363. The molecule has 0 fully saturated rings. The minimum absolute atomic E-state index is 0.0478. The highest BCUT2D eigenvalue weighted by atomic mass is 31.0. The van der Waals surface area contributed by atoms with Gasteiger partial charge in [0.15, 0.2) is 0 Å². The van der Waals surface area contributed by atoms with Gasteiger partial charge in [-0.25, -0.2) is 0 Å². The molecule has 0 N–H and O–H groups in total. The van der Waals surface area contributed by atoms with Gasteiger partial charge in [-0.05, 0) is 19.3 Å². The summed E-state index contributed by atoms with van der Waals surface area (Å²) >= 11 is 0. The number of hydrogen-bond donors (Lipinski definition) is 0. The molecule has 0 aliphatic rings. The van der Waals surface area contributed by atoms with Gasteiger partial charge < -0.3 is 4.74 Å². The summed E-state index contributed by atoms with van der Waals surface area (Å²) in [6.07, 6.45) is 14.7. The van der Waals surface area contributed by atoms with Crippen molar-refractivity contribution in [1.29, 1.82) is 0 Å². The summed E-state index contributed by atoms with van der Waals surface area (Å²) in [5.41, 5.74) is 0. The van der Waals surface area contributed by atoms with E-state index in [0.717, 1.165) is 19.3 Å². The molecule has 3 heteroatoms. The van der Waals surface area contributed by atoms with Crippen LogP contribution < -0.4 is 0 Å². The van der Waals surface area contributed by atoms with E-state index in [2.05, 4.69) is 16.2 Å². The number of esters is 1. The maximum Gasteiger partial charge on any atom is 0.315 e. The lowest BCUT2D eigenvalue weighted by atomic mass is 10.0. The molecule has 0 amide bonds. The number of carbonyl (C=O) groups is 1. The van der Waals surface area contributed by atoms with Crippen molar-refractivity contribution >= 4 is 15.2 Å². The van der Waals surface area contributed by atoms with E-state index in [-0.39, 0.29) is 11.1 Å². The second kappa shape index (κ2) is 13.6. The fourth-order valence-corrected chi connectivity index (χ4v) is 2.52. The molecule has 1 atom stereocenters. The molecule has 0 saturated heterocycles. The monoisotopic (exact) mass is 316 g/mol. The van der Waals surface area contributed by atoms with Gasteiger partial charge in [-0.2, -0.15) is 0 Å². The minimum Gasteiger partial charge on any atom is -0.465 e. The molecular weight excluding hydrogens is 279 g/mol. The summed E-state index contributed by atoms with van der Waals surface area (Å²) < 4.78 is 5.40. The number of carbonyl (C=O) groups excluding carboxylic acids is 1. The fourth-order valence-electron chi connectivity index (χ4n) is 2.44. The van der Waals surface area contributed by atoms with Crippen LogP contribution in [0.15, 0.2) is 0 Å². The zero-order valence-electron chi connectivity index (χ0n) is 14.6. The molecule has 0 aromatic rings. The molecule has 1 unspecified atom stereocenters. The normalized spacial score (nSPS) is 11.6. The maximum absolute atomic E-state index is 11.9. The molecule has 0 radical (unpaired) electrons. The number of rotatable bonds is 14. The Morgan fingerprint density at radius 2 is 1.24 bits per heavy atom. The Labute approximate surface area is 135 Å². The lowest BCUT2D eigenvalue weighted by molar-refractivity contribution is -0.147. The van der Waals surface area contributed by atoms with Crippen LogP contribution in [-0.4, -0.2) is 17.7 Å². The van der Waals surface area contributed by atoms with E-state index in [0.29, 0.717) is 6.61 Å². The van der Waals surface area contributed by atoms with Gasteiger partial charge in [0.2, 0.25) is 0 Å². The third-order valence-electron chi connectivity index (χ3n) is 4.40. The predicted molar refractivity (Wildman–Crippen MR) is 95.8 cm³/mol. The Hall–Kier alpha value is -0.100. The average Bonchev–Trinajstić information content (AvgIpc) is 2.51. The summed E-state index contributed by atoms with van der Waals surface area (Å²) in [5.74, 6) is -0.0478. The predicted octanol–water partition coefficient (Wildman–Crippen LogP) is 5.88. The van der Waals surface area contributed by atoms with Crippen molar-refractivity contribution in [2.24, 2.45) is 0 Å². The summed E-state index contributed by atoms with van der Waals surface area (Å²) in [7, 11) is 2.67. The lowest BCUT2D eigenvalue weighted by Crippen LogP contribution is -2.32. The van der Waals surface area contributed by atoms with E-state index in [1.165, 1.54) is 57.8 Å². The van der Waals surface area contributed by atoms with Crippen LogP contribution in [0, 0.1) is 0 Å². The van der Waals surface area contributed by atoms with Crippen LogP contribution in [0.25, 0.3) is 0 Å². The molecule has 126 valence electrons. The smallest absolute Gasteiger partial charge is 0.315 e.